The molecule has 2 aromatic carbocycles. The SMILES string of the molecule is Cc1cccc(C)c1N(CCCNc1cccc(-n2nnnc2[S-])c1)CCC(=O)[O-].[Na+].[Na+]. The number of hydrogen-bond donors (Lipinski definition) is 1. The van der Waals surface area contributed by atoms with Crippen molar-refractivity contribution in [2.24, 2.45) is 0 Å². The Hall–Kier alpha value is -1.20. The second kappa shape index (κ2) is 14.1. The van der Waals surface area contributed by atoms with E-state index in [1.807, 2.05) is 56.3 Å². The first-order valence-electron chi connectivity index (χ1n) is 9.76. The van der Waals surface area contributed by atoms with Gasteiger partial charge in [-0.15, -0.1) is 5.10 Å². The Morgan fingerprint density at radius 2 is 1.81 bits per heavy atom. The molecule has 0 radical (unpaired) electrons. The number of para-hydroxylation sites is 1. The number of nitrogens with one attached hydrogen (secondary N) is 1. The Balaban J connectivity index is 0.00000256. The van der Waals surface area contributed by atoms with Crippen LogP contribution in [0.3, 0.4) is 0 Å². The third-order valence-corrected chi connectivity index (χ3v) is 5.06. The van der Waals surface area contributed by atoms with E-state index in [-0.39, 0.29) is 65.5 Å². The number of anilines is 2. The molecule has 0 saturated heterocycles. The van der Waals surface area contributed by atoms with Crippen LogP contribution in [0.4, 0.5) is 11.4 Å². The Labute approximate surface area is 238 Å². The second-order valence-corrected chi connectivity index (χ2v) is 7.42. The Morgan fingerprint density at radius 1 is 1.12 bits per heavy atom. The van der Waals surface area contributed by atoms with E-state index >= 15 is 0 Å². The molecule has 0 aliphatic carbocycles. The van der Waals surface area contributed by atoms with Crippen LogP contribution < -0.4 is 74.4 Å². The van der Waals surface area contributed by atoms with Gasteiger partial charge in [-0.25, -0.2) is 4.68 Å². The van der Waals surface area contributed by atoms with Gasteiger partial charge in [0, 0.05) is 48.6 Å². The van der Waals surface area contributed by atoms with E-state index in [0.29, 0.717) is 11.7 Å². The summed E-state index contributed by atoms with van der Waals surface area (Å²) in [4.78, 5) is 13.1. The summed E-state index contributed by atoms with van der Waals surface area (Å²) in [7, 11) is 0. The summed E-state index contributed by atoms with van der Waals surface area (Å²) in [6.07, 6.45) is 0.834. The quantitative estimate of drug-likeness (QED) is 0.180. The molecule has 0 aliphatic rings. The van der Waals surface area contributed by atoms with Crippen molar-refractivity contribution in [3.63, 3.8) is 0 Å². The number of carbonyl (C=O) groups excluding carboxylic acids is 1. The molecule has 158 valence electrons. The van der Waals surface area contributed by atoms with E-state index in [9.17, 15) is 9.90 Å². The number of nitrogens with zero attached hydrogens (tertiary/aromatic N) is 5. The normalized spacial score (nSPS) is 10.1. The van der Waals surface area contributed by atoms with Crippen molar-refractivity contribution < 1.29 is 69.0 Å². The molecule has 8 nitrogen and oxygen atoms in total. The topological polar surface area (TPSA) is 99.0 Å². The molecule has 3 rings (SSSR count). The van der Waals surface area contributed by atoms with Crippen LogP contribution in [0.25, 0.3) is 5.69 Å². The summed E-state index contributed by atoms with van der Waals surface area (Å²) in [5.74, 6) is -1.04. The fourth-order valence-electron chi connectivity index (χ4n) is 3.46. The van der Waals surface area contributed by atoms with Crippen LogP contribution in [0, 0.1) is 13.8 Å². The summed E-state index contributed by atoms with van der Waals surface area (Å²) < 4.78 is 1.50. The number of aryl methyl sites for hydroxylation is 2. The zero-order valence-electron chi connectivity index (χ0n) is 19.0. The number of rotatable bonds is 10. The molecule has 1 heterocycles. The summed E-state index contributed by atoms with van der Waals surface area (Å²) in [6.45, 7) is 5.97. The number of carbonyl (C=O) groups is 1. The van der Waals surface area contributed by atoms with Gasteiger partial charge in [-0.05, 0) is 60.0 Å². The summed E-state index contributed by atoms with van der Waals surface area (Å²) in [5, 5.41) is 25.9. The van der Waals surface area contributed by atoms with Crippen molar-refractivity contribution in [3.8, 4) is 5.69 Å². The molecule has 3 aromatic rings. The van der Waals surface area contributed by atoms with Crippen LogP contribution in [0.2, 0.25) is 0 Å². The number of benzene rings is 2. The van der Waals surface area contributed by atoms with Gasteiger partial charge in [0.05, 0.1) is 5.69 Å². The van der Waals surface area contributed by atoms with Crippen LogP contribution in [-0.4, -0.2) is 45.8 Å². The number of carboxylic acid groups (broad SMARTS) is 1. The first-order valence-corrected chi connectivity index (χ1v) is 10.2. The Kier molecular flexibility index (Phi) is 12.7. The van der Waals surface area contributed by atoms with Gasteiger partial charge >= 0.3 is 59.1 Å². The van der Waals surface area contributed by atoms with Crippen LogP contribution in [0.15, 0.2) is 47.6 Å². The molecule has 32 heavy (non-hydrogen) atoms. The molecular formula is C21H24N6Na2O2S. The van der Waals surface area contributed by atoms with Gasteiger partial charge in [0.25, 0.3) is 0 Å². The molecular weight excluding hydrogens is 446 g/mol. The maximum Gasteiger partial charge on any atom is 1.00 e. The summed E-state index contributed by atoms with van der Waals surface area (Å²) >= 11 is 5.11. The van der Waals surface area contributed by atoms with Gasteiger partial charge in [0.1, 0.15) is 0 Å². The van der Waals surface area contributed by atoms with Gasteiger partial charge in [0.2, 0.25) is 0 Å². The average molecular weight is 471 g/mol. The molecule has 0 atom stereocenters. The number of tetrazole rings is 1. The first-order chi connectivity index (χ1) is 14.5. The van der Waals surface area contributed by atoms with Crippen LogP contribution in [-0.2, 0) is 17.4 Å². The fourth-order valence-corrected chi connectivity index (χ4v) is 3.64. The van der Waals surface area contributed by atoms with E-state index in [2.05, 4.69) is 25.7 Å². The molecule has 0 aliphatic heterocycles. The number of aliphatic carboxylic acids is 1. The minimum absolute atomic E-state index is 0. The van der Waals surface area contributed by atoms with Crippen LogP contribution >= 0.6 is 0 Å². The molecule has 0 fully saturated rings. The van der Waals surface area contributed by atoms with Gasteiger partial charge in [-0.1, -0.05) is 24.3 Å². The number of carboxylic acids is 1. The van der Waals surface area contributed by atoms with E-state index in [1.165, 1.54) is 4.68 Å². The second-order valence-electron chi connectivity index (χ2n) is 7.05. The van der Waals surface area contributed by atoms with Gasteiger partial charge < -0.3 is 32.7 Å². The van der Waals surface area contributed by atoms with Crippen molar-refractivity contribution in [2.45, 2.75) is 31.8 Å². The first kappa shape index (κ1) is 28.8. The molecule has 0 unspecified atom stereocenters. The van der Waals surface area contributed by atoms with Crippen molar-refractivity contribution in [1.82, 2.24) is 20.2 Å². The van der Waals surface area contributed by atoms with Crippen LogP contribution in [0.1, 0.15) is 24.0 Å². The predicted octanol–water partition coefficient (Wildman–Crippen LogP) is -4.36. The monoisotopic (exact) mass is 470 g/mol. The molecule has 0 bridgehead atoms. The van der Waals surface area contributed by atoms with E-state index in [1.54, 1.807) is 0 Å². The zero-order chi connectivity index (χ0) is 21.5. The molecule has 11 heteroatoms. The molecule has 1 aromatic heterocycles. The van der Waals surface area contributed by atoms with Crippen LogP contribution in [0.5, 0.6) is 0 Å². The molecule has 1 N–H and O–H groups in total. The summed E-state index contributed by atoms with van der Waals surface area (Å²) in [6, 6.07) is 13.8. The average Bonchev–Trinajstić information content (AvgIpc) is 3.14. The van der Waals surface area contributed by atoms with Crippen molar-refractivity contribution in [2.75, 3.05) is 29.9 Å². The predicted molar refractivity (Wildman–Crippen MR) is 116 cm³/mol. The van der Waals surface area contributed by atoms with Gasteiger partial charge in [-0.2, -0.15) is 0 Å². The Bertz CT molecular complexity index is 997. The number of hydrogen-bond acceptors (Lipinski definition) is 8. The number of aromatic nitrogens is 4. The summed E-state index contributed by atoms with van der Waals surface area (Å²) in [5.41, 5.74) is 5.09. The van der Waals surface area contributed by atoms with E-state index in [0.717, 1.165) is 47.7 Å². The van der Waals surface area contributed by atoms with E-state index in [4.69, 9.17) is 12.6 Å². The van der Waals surface area contributed by atoms with Crippen molar-refractivity contribution in [1.29, 1.82) is 0 Å². The van der Waals surface area contributed by atoms with Gasteiger partial charge in [-0.3, -0.25) is 0 Å². The van der Waals surface area contributed by atoms with Gasteiger partial charge in [0.15, 0.2) is 0 Å². The van der Waals surface area contributed by atoms with E-state index < -0.39 is 5.97 Å². The third kappa shape index (κ3) is 7.98. The smallest absolute Gasteiger partial charge is 0.738 e. The molecule has 0 saturated carbocycles. The van der Waals surface area contributed by atoms with Crippen molar-refractivity contribution >= 4 is 30.0 Å². The minimum atomic E-state index is -1.04. The fraction of sp³-hybridized carbons (Fsp3) is 0.333. The zero-order valence-corrected chi connectivity index (χ0v) is 23.9. The standard InChI is InChI=1S/C21H26N6O2S.2Na/c1-15-6-3-7-16(2)20(15)26(13-10-19(28)29)12-5-11-22-17-8-4-9-18(14-17)27-21(30)23-24-25-27;;/h3-4,6-9,14,22H,5,10-13H2,1-2H3,(H,28,29)(H,23,25,30);;/q;2*+1/p-2. The molecule has 0 amide bonds. The third-order valence-electron chi connectivity index (χ3n) is 4.81. The maximum atomic E-state index is 11.0. The maximum absolute atomic E-state index is 11.0. The minimum Gasteiger partial charge on any atom is -0.738 e. The Morgan fingerprint density at radius 3 is 2.44 bits per heavy atom. The molecule has 0 spiro atoms. The largest absolute Gasteiger partial charge is 1.00 e. The van der Waals surface area contributed by atoms with Crippen molar-refractivity contribution in [3.05, 3.63) is 53.6 Å².